The number of nitrogens with one attached hydrogen (secondary N) is 1. The third-order valence-electron chi connectivity index (χ3n) is 4.53. The van der Waals surface area contributed by atoms with E-state index < -0.39 is 0 Å². The summed E-state index contributed by atoms with van der Waals surface area (Å²) in [5, 5.41) is 3.25. The van der Waals surface area contributed by atoms with Crippen molar-refractivity contribution < 1.29 is 0 Å². The fraction of sp³-hybridized carbons (Fsp3) is 0.667. The van der Waals surface area contributed by atoms with Crippen LogP contribution in [0.5, 0.6) is 0 Å². The molecule has 0 amide bonds. The van der Waals surface area contributed by atoms with E-state index in [1.165, 1.54) is 43.5 Å². The molecule has 0 aliphatic carbocycles. The minimum absolute atomic E-state index is 0.592. The smallest absolute Gasteiger partial charge is 0.0233 e. The van der Waals surface area contributed by atoms with Gasteiger partial charge in [0.15, 0.2) is 0 Å². The van der Waals surface area contributed by atoms with Gasteiger partial charge in [0, 0.05) is 19.6 Å². The average Bonchev–Trinajstić information content (AvgIpc) is 2.88. The normalized spacial score (nSPS) is 21.2. The highest BCUT2D eigenvalue weighted by Gasteiger charge is 2.21. The number of hydrogen-bond acceptors (Lipinski definition) is 2. The van der Waals surface area contributed by atoms with Crippen LogP contribution in [0.15, 0.2) is 24.3 Å². The second-order valence-corrected chi connectivity index (χ2v) is 6.38. The molecular weight excluding hydrogens is 244 g/mol. The molecular formula is C18H30N2. The van der Waals surface area contributed by atoms with Crippen molar-refractivity contribution in [3.05, 3.63) is 35.4 Å². The van der Waals surface area contributed by atoms with Gasteiger partial charge in [0.1, 0.15) is 0 Å². The minimum atomic E-state index is 0.592. The maximum atomic E-state index is 3.25. The zero-order valence-corrected chi connectivity index (χ0v) is 13.4. The first-order chi connectivity index (χ1) is 9.72. The SMILES string of the molecule is CCCC1CCN(Cc2ccc(C(C)CNC)cc2)C1. The maximum absolute atomic E-state index is 3.25. The van der Waals surface area contributed by atoms with E-state index >= 15 is 0 Å². The van der Waals surface area contributed by atoms with Gasteiger partial charge in [-0.25, -0.2) is 0 Å². The highest BCUT2D eigenvalue weighted by Crippen LogP contribution is 2.23. The van der Waals surface area contributed by atoms with Gasteiger partial charge < -0.3 is 5.32 Å². The molecule has 1 aromatic carbocycles. The molecule has 2 nitrogen and oxygen atoms in total. The molecule has 0 aromatic heterocycles. The van der Waals surface area contributed by atoms with E-state index in [2.05, 4.69) is 48.3 Å². The van der Waals surface area contributed by atoms with Crippen molar-refractivity contribution in [3.63, 3.8) is 0 Å². The van der Waals surface area contributed by atoms with Crippen molar-refractivity contribution in [3.8, 4) is 0 Å². The molecule has 1 aliphatic rings. The third-order valence-corrected chi connectivity index (χ3v) is 4.53. The lowest BCUT2D eigenvalue weighted by molar-refractivity contribution is 0.313. The molecule has 2 rings (SSSR count). The molecule has 1 N–H and O–H groups in total. The number of rotatable bonds is 7. The van der Waals surface area contributed by atoms with Gasteiger partial charge >= 0.3 is 0 Å². The van der Waals surface area contributed by atoms with E-state index in [4.69, 9.17) is 0 Å². The summed E-state index contributed by atoms with van der Waals surface area (Å²) in [6.45, 7) is 9.33. The van der Waals surface area contributed by atoms with Gasteiger partial charge in [-0.3, -0.25) is 4.90 Å². The zero-order chi connectivity index (χ0) is 14.4. The average molecular weight is 274 g/mol. The number of likely N-dealkylation sites (N-methyl/N-ethyl adjacent to an activating group) is 1. The zero-order valence-electron chi connectivity index (χ0n) is 13.4. The van der Waals surface area contributed by atoms with Gasteiger partial charge in [-0.15, -0.1) is 0 Å². The summed E-state index contributed by atoms with van der Waals surface area (Å²) in [4.78, 5) is 2.62. The lowest BCUT2D eigenvalue weighted by Gasteiger charge is -2.17. The van der Waals surface area contributed by atoms with E-state index in [0.717, 1.165) is 19.0 Å². The van der Waals surface area contributed by atoms with Crippen LogP contribution in [0.25, 0.3) is 0 Å². The Morgan fingerprint density at radius 1 is 1.30 bits per heavy atom. The van der Waals surface area contributed by atoms with Crippen LogP contribution in [0.3, 0.4) is 0 Å². The Balaban J connectivity index is 1.85. The third kappa shape index (κ3) is 4.32. The first-order valence-corrected chi connectivity index (χ1v) is 8.18. The van der Waals surface area contributed by atoms with Crippen LogP contribution in [0.1, 0.15) is 50.2 Å². The molecule has 20 heavy (non-hydrogen) atoms. The Hall–Kier alpha value is -0.860. The monoisotopic (exact) mass is 274 g/mol. The first-order valence-electron chi connectivity index (χ1n) is 8.18. The minimum Gasteiger partial charge on any atom is -0.319 e. The van der Waals surface area contributed by atoms with Crippen LogP contribution < -0.4 is 5.32 Å². The number of nitrogens with zero attached hydrogens (tertiary/aromatic N) is 1. The molecule has 2 unspecified atom stereocenters. The summed E-state index contributed by atoms with van der Waals surface area (Å²) >= 11 is 0. The molecule has 0 radical (unpaired) electrons. The van der Waals surface area contributed by atoms with Gasteiger partial charge in [-0.2, -0.15) is 0 Å². The van der Waals surface area contributed by atoms with E-state index in [9.17, 15) is 0 Å². The Morgan fingerprint density at radius 3 is 2.70 bits per heavy atom. The van der Waals surface area contributed by atoms with E-state index in [0.29, 0.717) is 5.92 Å². The van der Waals surface area contributed by atoms with Gasteiger partial charge in [0.25, 0.3) is 0 Å². The molecule has 0 saturated carbocycles. The van der Waals surface area contributed by atoms with Crippen LogP contribution in [0.4, 0.5) is 0 Å². The Bertz CT molecular complexity index is 385. The summed E-state index contributed by atoms with van der Waals surface area (Å²) < 4.78 is 0. The van der Waals surface area contributed by atoms with Crippen molar-refractivity contribution >= 4 is 0 Å². The molecule has 1 heterocycles. The Morgan fingerprint density at radius 2 is 2.05 bits per heavy atom. The number of benzene rings is 1. The summed E-state index contributed by atoms with van der Waals surface area (Å²) in [5.41, 5.74) is 2.90. The van der Waals surface area contributed by atoms with Gasteiger partial charge in [0.05, 0.1) is 0 Å². The van der Waals surface area contributed by atoms with Crippen LogP contribution in [-0.4, -0.2) is 31.6 Å². The van der Waals surface area contributed by atoms with Gasteiger partial charge in [-0.1, -0.05) is 44.5 Å². The fourth-order valence-corrected chi connectivity index (χ4v) is 3.33. The second kappa shape index (κ2) is 7.80. The Kier molecular flexibility index (Phi) is 6.06. The summed E-state index contributed by atoms with van der Waals surface area (Å²) in [5.74, 6) is 1.53. The van der Waals surface area contributed by atoms with Crippen LogP contribution in [0.2, 0.25) is 0 Å². The van der Waals surface area contributed by atoms with E-state index in [1.54, 1.807) is 0 Å². The number of hydrogen-bond donors (Lipinski definition) is 1. The quantitative estimate of drug-likeness (QED) is 0.817. The molecule has 2 atom stereocenters. The van der Waals surface area contributed by atoms with E-state index in [-0.39, 0.29) is 0 Å². The van der Waals surface area contributed by atoms with Gasteiger partial charge in [0.2, 0.25) is 0 Å². The lowest BCUT2D eigenvalue weighted by atomic mass is 10.00. The number of likely N-dealkylation sites (tertiary alicyclic amines) is 1. The summed E-state index contributed by atoms with van der Waals surface area (Å²) in [6.07, 6.45) is 4.12. The molecule has 112 valence electrons. The van der Waals surface area contributed by atoms with E-state index in [1.807, 2.05) is 7.05 Å². The Labute approximate surface area is 124 Å². The molecule has 1 saturated heterocycles. The summed E-state index contributed by atoms with van der Waals surface area (Å²) in [6, 6.07) is 9.23. The molecule has 0 bridgehead atoms. The highest BCUT2D eigenvalue weighted by atomic mass is 15.1. The lowest BCUT2D eigenvalue weighted by Crippen LogP contribution is -2.20. The topological polar surface area (TPSA) is 15.3 Å². The summed E-state index contributed by atoms with van der Waals surface area (Å²) in [7, 11) is 2.02. The maximum Gasteiger partial charge on any atom is 0.0233 e. The standard InChI is InChI=1S/C18H30N2/c1-4-5-16-10-11-20(13-16)14-17-6-8-18(9-7-17)15(2)12-19-3/h6-9,15-16,19H,4-5,10-14H2,1-3H3. The van der Waals surface area contributed by atoms with Crippen LogP contribution >= 0.6 is 0 Å². The largest absolute Gasteiger partial charge is 0.319 e. The molecule has 2 heteroatoms. The molecule has 1 aliphatic heterocycles. The van der Waals surface area contributed by atoms with Crippen molar-refractivity contribution in [1.29, 1.82) is 0 Å². The predicted octanol–water partition coefficient (Wildman–Crippen LogP) is 3.63. The first kappa shape index (κ1) is 15.5. The molecule has 1 aromatic rings. The van der Waals surface area contributed by atoms with Crippen LogP contribution in [0, 0.1) is 5.92 Å². The molecule has 1 fully saturated rings. The van der Waals surface area contributed by atoms with Crippen molar-refractivity contribution in [2.75, 3.05) is 26.7 Å². The van der Waals surface area contributed by atoms with Crippen molar-refractivity contribution in [1.82, 2.24) is 10.2 Å². The van der Waals surface area contributed by atoms with Gasteiger partial charge in [-0.05, 0) is 49.4 Å². The van der Waals surface area contributed by atoms with Crippen LogP contribution in [-0.2, 0) is 6.54 Å². The highest BCUT2D eigenvalue weighted by molar-refractivity contribution is 5.25. The predicted molar refractivity (Wildman–Crippen MR) is 87.1 cm³/mol. The second-order valence-electron chi connectivity index (χ2n) is 6.38. The fourth-order valence-electron chi connectivity index (χ4n) is 3.33. The van der Waals surface area contributed by atoms with Crippen molar-refractivity contribution in [2.45, 2.75) is 45.6 Å². The molecule has 0 spiro atoms. The van der Waals surface area contributed by atoms with Crippen molar-refractivity contribution in [2.24, 2.45) is 5.92 Å².